The van der Waals surface area contributed by atoms with Gasteiger partial charge >= 0.3 is 6.09 Å². The van der Waals surface area contributed by atoms with Crippen LogP contribution in [0.15, 0.2) is 97.8 Å². The predicted molar refractivity (Wildman–Crippen MR) is 227 cm³/mol. The number of nitrogens with zero attached hydrogens (tertiary/aromatic N) is 4. The molecule has 0 saturated heterocycles. The van der Waals surface area contributed by atoms with Crippen LogP contribution in [0.1, 0.15) is 73.4 Å². The number of amides is 3. The molecule has 13 heteroatoms. The quantitative estimate of drug-likeness (QED) is 0.0693. The van der Waals surface area contributed by atoms with Crippen molar-refractivity contribution in [3.63, 3.8) is 0 Å². The molecule has 0 radical (unpaired) electrons. The Balaban J connectivity index is 0.980. The molecule has 1 N–H and O–H groups in total. The molecule has 13 nitrogen and oxygen atoms in total. The number of ether oxygens (including phenoxy) is 3. The van der Waals surface area contributed by atoms with Crippen molar-refractivity contribution < 1.29 is 38.2 Å². The molecule has 7 rings (SSSR count). The summed E-state index contributed by atoms with van der Waals surface area (Å²) in [5.74, 6) is -0.126. The number of anilines is 2. The Morgan fingerprint density at radius 2 is 1.65 bits per heavy atom. The number of carbonyl (C=O) groups is 5. The minimum absolute atomic E-state index is 0.00555. The number of Topliss-reactive ketones (excluding diaryl/α,β-unsaturated/α-hetero) is 2. The number of methoxy groups -OCH3 is 1. The van der Waals surface area contributed by atoms with E-state index in [4.69, 9.17) is 14.2 Å². The van der Waals surface area contributed by atoms with Crippen LogP contribution in [0, 0.1) is 6.92 Å². The second-order valence-corrected chi connectivity index (χ2v) is 15.3. The second kappa shape index (κ2) is 17.6. The van der Waals surface area contributed by atoms with Crippen molar-refractivity contribution in [1.82, 2.24) is 14.0 Å². The Morgan fingerprint density at radius 1 is 0.917 bits per heavy atom. The Bertz CT molecular complexity index is 2480. The van der Waals surface area contributed by atoms with Gasteiger partial charge in [0.05, 0.1) is 41.0 Å². The van der Waals surface area contributed by atoms with E-state index in [2.05, 4.69) is 11.9 Å². The van der Waals surface area contributed by atoms with Gasteiger partial charge in [-0.05, 0) is 65.8 Å². The number of nitrogens with one attached hydrogen (secondary N) is 1. The van der Waals surface area contributed by atoms with E-state index in [1.54, 1.807) is 45.5 Å². The molecule has 2 aliphatic heterocycles. The summed E-state index contributed by atoms with van der Waals surface area (Å²) in [6.45, 7) is 7.56. The molecule has 310 valence electrons. The number of fused-ring (bicyclic) bond motifs is 3. The van der Waals surface area contributed by atoms with Crippen LogP contribution in [0.5, 0.6) is 5.75 Å². The van der Waals surface area contributed by atoms with Crippen LogP contribution >= 0.6 is 0 Å². The van der Waals surface area contributed by atoms with Crippen molar-refractivity contribution in [3.8, 4) is 16.9 Å². The average Bonchev–Trinajstić information content (AvgIpc) is 3.79. The number of hydrogen-bond acceptors (Lipinski definition) is 8. The lowest BCUT2D eigenvalue weighted by Gasteiger charge is -2.41. The van der Waals surface area contributed by atoms with Crippen LogP contribution in [0.25, 0.3) is 11.1 Å². The SMILES string of the molecule is C=CCOC(=O)N1c2cc(OCCCC(=O)Nc3cc(C(=O)Cc4ccc(-c5cc(C(C)=O)n(C)c5)cc4)n(C)c3)c(C)cc2C(=O)N2Cc3ccccc3C[C@H]2C1OC. The highest BCUT2D eigenvalue weighted by molar-refractivity contribution is 6.06. The molecule has 0 spiro atoms. The summed E-state index contributed by atoms with van der Waals surface area (Å²) in [6, 6.07) is 22.1. The number of carbonyl (C=O) groups excluding carboxylic acids is 5. The fraction of sp³-hybridized carbons (Fsp3) is 0.298. The smallest absolute Gasteiger partial charge is 0.416 e. The highest BCUT2D eigenvalue weighted by Gasteiger charge is 2.46. The number of hydrogen-bond donors (Lipinski definition) is 1. The van der Waals surface area contributed by atoms with Gasteiger partial charge in [-0.2, -0.15) is 0 Å². The molecule has 0 bridgehead atoms. The van der Waals surface area contributed by atoms with Gasteiger partial charge in [0.2, 0.25) is 5.91 Å². The Morgan fingerprint density at radius 3 is 2.35 bits per heavy atom. The van der Waals surface area contributed by atoms with Gasteiger partial charge in [-0.15, -0.1) is 0 Å². The van der Waals surface area contributed by atoms with Crippen LogP contribution < -0.4 is 15.0 Å². The van der Waals surface area contributed by atoms with E-state index in [-0.39, 0.29) is 49.4 Å². The molecular formula is C47H49N5O8. The molecule has 0 fully saturated rings. The minimum Gasteiger partial charge on any atom is -0.493 e. The van der Waals surface area contributed by atoms with Gasteiger partial charge in [-0.3, -0.25) is 19.2 Å². The van der Waals surface area contributed by atoms with Gasteiger partial charge in [-0.25, -0.2) is 9.69 Å². The summed E-state index contributed by atoms with van der Waals surface area (Å²) in [6.07, 6.45) is 4.73. The Kier molecular flexibility index (Phi) is 12.2. The first kappa shape index (κ1) is 41.4. The first-order valence-corrected chi connectivity index (χ1v) is 19.9. The molecule has 3 aromatic carbocycles. The lowest BCUT2D eigenvalue weighted by molar-refractivity contribution is -0.116. The molecular weight excluding hydrogens is 763 g/mol. The number of benzene rings is 3. The van der Waals surface area contributed by atoms with Gasteiger partial charge in [-0.1, -0.05) is 61.2 Å². The molecule has 3 amide bonds. The summed E-state index contributed by atoms with van der Waals surface area (Å²) in [7, 11) is 5.11. The summed E-state index contributed by atoms with van der Waals surface area (Å²) >= 11 is 0. The monoisotopic (exact) mass is 811 g/mol. The van der Waals surface area contributed by atoms with Gasteiger partial charge < -0.3 is 33.6 Å². The van der Waals surface area contributed by atoms with E-state index in [0.717, 1.165) is 27.8 Å². The Hall–Kier alpha value is -6.73. The maximum absolute atomic E-state index is 14.3. The van der Waals surface area contributed by atoms with Crippen molar-refractivity contribution >= 4 is 40.8 Å². The van der Waals surface area contributed by atoms with Crippen molar-refractivity contribution in [2.75, 3.05) is 30.5 Å². The van der Waals surface area contributed by atoms with Crippen LogP contribution in [0.4, 0.5) is 16.2 Å². The maximum Gasteiger partial charge on any atom is 0.416 e. The molecule has 0 saturated carbocycles. The summed E-state index contributed by atoms with van der Waals surface area (Å²) in [5, 5.41) is 2.89. The van der Waals surface area contributed by atoms with Gasteiger partial charge in [0.1, 0.15) is 12.4 Å². The topological polar surface area (TPSA) is 141 Å². The van der Waals surface area contributed by atoms with E-state index in [1.165, 1.54) is 25.0 Å². The van der Waals surface area contributed by atoms with E-state index in [0.29, 0.717) is 59.0 Å². The summed E-state index contributed by atoms with van der Waals surface area (Å²) in [4.78, 5) is 69.3. The molecule has 2 atom stereocenters. The standard InChI is InChI=1S/C47H49N5O8/c1-7-18-60-47(57)52-39-25-43(29(2)20-37(39)45(56)51-27-34-12-9-8-11-33(34)22-41(51)46(52)58-6)59-19-10-13-44(55)48-36-24-40(50(5)28-36)42(54)21-31-14-16-32(17-15-31)35-23-38(30(3)53)49(4)26-35/h7-9,11-12,14-17,20,23-26,28,41,46H,1,10,13,18-19,21-22,27H2,2-6H3,(H,48,55)/t41-,46?/m0/s1. The largest absolute Gasteiger partial charge is 0.493 e. The van der Waals surface area contributed by atoms with Gasteiger partial charge in [0, 0.05) is 71.5 Å². The van der Waals surface area contributed by atoms with Crippen LogP contribution in [0.3, 0.4) is 0 Å². The third kappa shape index (κ3) is 8.53. The van der Waals surface area contributed by atoms with E-state index < -0.39 is 18.4 Å². The van der Waals surface area contributed by atoms with Gasteiger partial charge in [0.15, 0.2) is 17.8 Å². The third-order valence-corrected chi connectivity index (χ3v) is 11.1. The average molecular weight is 812 g/mol. The van der Waals surface area contributed by atoms with Crippen molar-refractivity contribution in [3.05, 3.63) is 137 Å². The first-order chi connectivity index (χ1) is 28.9. The van der Waals surface area contributed by atoms with E-state index in [1.807, 2.05) is 74.8 Å². The third-order valence-electron chi connectivity index (χ3n) is 11.1. The molecule has 1 unspecified atom stereocenters. The van der Waals surface area contributed by atoms with Crippen LogP contribution in [0.2, 0.25) is 0 Å². The van der Waals surface area contributed by atoms with Crippen molar-refractivity contribution in [2.24, 2.45) is 14.1 Å². The van der Waals surface area contributed by atoms with Crippen molar-refractivity contribution in [2.45, 2.75) is 58.3 Å². The van der Waals surface area contributed by atoms with Crippen LogP contribution in [-0.4, -0.2) is 76.1 Å². The lowest BCUT2D eigenvalue weighted by atomic mass is 9.92. The van der Waals surface area contributed by atoms with Crippen molar-refractivity contribution in [1.29, 1.82) is 0 Å². The molecule has 4 heterocycles. The lowest BCUT2D eigenvalue weighted by Crippen LogP contribution is -2.56. The molecule has 60 heavy (non-hydrogen) atoms. The summed E-state index contributed by atoms with van der Waals surface area (Å²) in [5.41, 5.74) is 7.75. The number of aromatic nitrogens is 2. The number of rotatable bonds is 14. The molecule has 2 aliphatic rings. The molecule has 0 aliphatic carbocycles. The zero-order valence-electron chi connectivity index (χ0n) is 34.5. The fourth-order valence-electron chi connectivity index (χ4n) is 8.07. The molecule has 5 aromatic rings. The van der Waals surface area contributed by atoms with Crippen LogP contribution in [-0.2, 0) is 47.8 Å². The normalized spacial score (nSPS) is 15.7. The van der Waals surface area contributed by atoms with E-state index >= 15 is 0 Å². The predicted octanol–water partition coefficient (Wildman–Crippen LogP) is 7.45. The summed E-state index contributed by atoms with van der Waals surface area (Å²) < 4.78 is 21.2. The minimum atomic E-state index is -0.857. The number of aryl methyl sites for hydroxylation is 3. The van der Waals surface area contributed by atoms with Gasteiger partial charge in [0.25, 0.3) is 5.91 Å². The maximum atomic E-state index is 14.3. The Labute approximate surface area is 349 Å². The number of ketones is 2. The highest BCUT2D eigenvalue weighted by Crippen LogP contribution is 2.40. The fourth-order valence-corrected chi connectivity index (χ4v) is 8.07. The zero-order chi connectivity index (χ0) is 42.7. The first-order valence-electron chi connectivity index (χ1n) is 19.9. The molecule has 2 aromatic heterocycles. The zero-order valence-corrected chi connectivity index (χ0v) is 34.5. The highest BCUT2D eigenvalue weighted by atomic mass is 16.6. The van der Waals surface area contributed by atoms with E-state index in [9.17, 15) is 24.0 Å². The second-order valence-electron chi connectivity index (χ2n) is 15.3.